The van der Waals surface area contributed by atoms with Gasteiger partial charge in [-0.2, -0.15) is 0 Å². The number of hydrogen-bond donors (Lipinski definition) is 2. The fraction of sp³-hybridized carbons (Fsp3) is 0.357. The summed E-state index contributed by atoms with van der Waals surface area (Å²) < 4.78 is 0.883. The summed E-state index contributed by atoms with van der Waals surface area (Å²) in [4.78, 5) is 13.1. The van der Waals surface area contributed by atoms with E-state index in [1.54, 1.807) is 23.5 Å². The van der Waals surface area contributed by atoms with Gasteiger partial charge in [-0.05, 0) is 25.3 Å². The zero-order valence-corrected chi connectivity index (χ0v) is 14.9. The molecule has 2 N–H and O–H groups in total. The van der Waals surface area contributed by atoms with Crippen LogP contribution in [0.4, 0.5) is 10.8 Å². The van der Waals surface area contributed by atoms with Crippen molar-refractivity contribution in [1.29, 1.82) is 0 Å². The maximum Gasteiger partial charge on any atom is 0.225 e. The van der Waals surface area contributed by atoms with Crippen molar-refractivity contribution in [3.8, 4) is 0 Å². The third-order valence-electron chi connectivity index (χ3n) is 2.67. The molecule has 2 aromatic rings. The number of thioether (sulfide) groups is 2. The monoisotopic (exact) mass is 354 g/mol. The molecule has 1 aromatic heterocycles. The molecule has 0 aliphatic rings. The predicted molar refractivity (Wildman–Crippen MR) is 96.3 cm³/mol. The van der Waals surface area contributed by atoms with E-state index >= 15 is 0 Å². The van der Waals surface area contributed by atoms with Crippen molar-refractivity contribution in [1.82, 2.24) is 10.2 Å². The zero-order chi connectivity index (χ0) is 15.8. The molecule has 0 saturated heterocycles. The van der Waals surface area contributed by atoms with E-state index in [0.29, 0.717) is 12.2 Å². The van der Waals surface area contributed by atoms with Crippen LogP contribution in [-0.4, -0.2) is 34.7 Å². The third-order valence-corrected chi connectivity index (χ3v) is 5.48. The van der Waals surface area contributed by atoms with Crippen LogP contribution in [0.25, 0.3) is 0 Å². The first kappa shape index (κ1) is 17.1. The molecule has 1 heterocycles. The summed E-state index contributed by atoms with van der Waals surface area (Å²) in [6.07, 6.45) is 2.45. The van der Waals surface area contributed by atoms with Crippen LogP contribution in [0.3, 0.4) is 0 Å². The van der Waals surface area contributed by atoms with Gasteiger partial charge >= 0.3 is 0 Å². The summed E-state index contributed by atoms with van der Waals surface area (Å²) in [5, 5.41) is 15.0. The molecule has 0 bridgehead atoms. The van der Waals surface area contributed by atoms with Crippen LogP contribution < -0.4 is 10.6 Å². The van der Waals surface area contributed by atoms with Gasteiger partial charge in [0, 0.05) is 23.6 Å². The first-order valence-corrected chi connectivity index (χ1v) is 9.88. The Morgan fingerprint density at radius 3 is 2.91 bits per heavy atom. The molecule has 0 unspecified atom stereocenters. The van der Waals surface area contributed by atoms with Crippen molar-refractivity contribution in [2.45, 2.75) is 22.6 Å². The highest BCUT2D eigenvalue weighted by molar-refractivity contribution is 8.01. The van der Waals surface area contributed by atoms with Gasteiger partial charge in [-0.25, -0.2) is 0 Å². The predicted octanol–water partition coefficient (Wildman–Crippen LogP) is 3.81. The summed E-state index contributed by atoms with van der Waals surface area (Å²) in [6, 6.07) is 7.81. The van der Waals surface area contributed by atoms with Gasteiger partial charge in [-0.15, -0.1) is 22.0 Å². The Hall–Kier alpha value is -1.25. The maximum absolute atomic E-state index is 12.0. The fourth-order valence-electron chi connectivity index (χ4n) is 1.68. The van der Waals surface area contributed by atoms with Gasteiger partial charge in [0.2, 0.25) is 11.0 Å². The van der Waals surface area contributed by atoms with E-state index in [1.165, 1.54) is 11.3 Å². The third kappa shape index (κ3) is 5.19. The van der Waals surface area contributed by atoms with Gasteiger partial charge < -0.3 is 10.6 Å². The summed E-state index contributed by atoms with van der Waals surface area (Å²) in [7, 11) is 0. The van der Waals surface area contributed by atoms with Crippen LogP contribution >= 0.6 is 34.9 Å². The molecule has 0 radical (unpaired) electrons. The lowest BCUT2D eigenvalue weighted by Crippen LogP contribution is -2.12. The summed E-state index contributed by atoms with van der Waals surface area (Å²) in [5.41, 5.74) is 0.871. The Labute approximate surface area is 142 Å². The van der Waals surface area contributed by atoms with Crippen LogP contribution in [0.5, 0.6) is 0 Å². The van der Waals surface area contributed by atoms with E-state index in [0.717, 1.165) is 26.6 Å². The highest BCUT2D eigenvalue weighted by Gasteiger charge is 2.08. The normalized spacial score (nSPS) is 10.5. The van der Waals surface area contributed by atoms with Crippen LogP contribution in [0.2, 0.25) is 0 Å². The van der Waals surface area contributed by atoms with Crippen LogP contribution in [0.1, 0.15) is 13.3 Å². The lowest BCUT2D eigenvalue weighted by Gasteiger charge is -2.08. The molecule has 0 spiro atoms. The molecular formula is C14H18N4OS3. The van der Waals surface area contributed by atoms with Crippen LogP contribution in [-0.2, 0) is 4.79 Å². The molecule has 22 heavy (non-hydrogen) atoms. The van der Waals surface area contributed by atoms with Crippen molar-refractivity contribution in [2.75, 3.05) is 29.2 Å². The van der Waals surface area contributed by atoms with Crippen molar-refractivity contribution >= 4 is 51.6 Å². The molecule has 5 nitrogen and oxygen atoms in total. The van der Waals surface area contributed by atoms with Crippen LogP contribution in [0.15, 0.2) is 33.5 Å². The Morgan fingerprint density at radius 2 is 2.14 bits per heavy atom. The van der Waals surface area contributed by atoms with Gasteiger partial charge in [0.05, 0.1) is 5.69 Å². The highest BCUT2D eigenvalue weighted by Crippen LogP contribution is 2.27. The minimum atomic E-state index is 0.0189. The highest BCUT2D eigenvalue weighted by atomic mass is 32.2. The fourth-order valence-corrected chi connectivity index (χ4v) is 4.06. The first-order chi connectivity index (χ1) is 10.7. The standard InChI is InChI=1S/C14H18N4OS3/c1-3-15-13-17-18-14(22-13)21-9-8-12(19)16-10-6-4-5-7-11(10)20-2/h4-7H,3,8-9H2,1-2H3,(H,15,17)(H,16,19). The number of amides is 1. The average molecular weight is 355 g/mol. The number of carbonyl (C=O) groups is 1. The number of para-hydroxylation sites is 1. The average Bonchev–Trinajstić information content (AvgIpc) is 2.96. The lowest BCUT2D eigenvalue weighted by atomic mass is 10.3. The number of hydrogen-bond acceptors (Lipinski definition) is 7. The number of anilines is 2. The van der Waals surface area contributed by atoms with Gasteiger partial charge in [0.15, 0.2) is 4.34 Å². The number of nitrogens with one attached hydrogen (secondary N) is 2. The second kappa shape index (κ2) is 9.02. The molecule has 8 heteroatoms. The van der Waals surface area contributed by atoms with E-state index in [4.69, 9.17) is 0 Å². The summed E-state index contributed by atoms with van der Waals surface area (Å²) >= 11 is 4.69. The van der Waals surface area contributed by atoms with Crippen molar-refractivity contribution in [2.24, 2.45) is 0 Å². The quantitative estimate of drug-likeness (QED) is 0.703. The second-order valence-corrected chi connectivity index (χ2v) is 7.42. The summed E-state index contributed by atoms with van der Waals surface area (Å²) in [6.45, 7) is 2.85. The number of benzene rings is 1. The smallest absolute Gasteiger partial charge is 0.225 e. The van der Waals surface area contributed by atoms with E-state index in [2.05, 4.69) is 20.8 Å². The Balaban J connectivity index is 1.77. The summed E-state index contributed by atoms with van der Waals surface area (Å²) in [5.74, 6) is 0.707. The SMILES string of the molecule is CCNc1nnc(SCCC(=O)Nc2ccccc2SC)s1. The lowest BCUT2D eigenvalue weighted by molar-refractivity contribution is -0.115. The first-order valence-electron chi connectivity index (χ1n) is 6.86. The minimum Gasteiger partial charge on any atom is -0.360 e. The topological polar surface area (TPSA) is 66.9 Å². The van der Waals surface area contributed by atoms with Crippen LogP contribution in [0, 0.1) is 0 Å². The second-order valence-electron chi connectivity index (χ2n) is 4.25. The molecule has 1 aromatic carbocycles. The van der Waals surface area contributed by atoms with Gasteiger partial charge in [0.1, 0.15) is 0 Å². The van der Waals surface area contributed by atoms with E-state index in [1.807, 2.05) is 37.4 Å². The Morgan fingerprint density at radius 1 is 1.32 bits per heavy atom. The molecule has 0 fully saturated rings. The van der Waals surface area contributed by atoms with E-state index in [-0.39, 0.29) is 5.91 Å². The number of nitrogens with zero attached hydrogens (tertiary/aromatic N) is 2. The van der Waals surface area contributed by atoms with E-state index in [9.17, 15) is 4.79 Å². The zero-order valence-electron chi connectivity index (χ0n) is 12.5. The van der Waals surface area contributed by atoms with Crippen molar-refractivity contribution < 1.29 is 4.79 Å². The molecule has 2 rings (SSSR count). The van der Waals surface area contributed by atoms with E-state index < -0.39 is 0 Å². The van der Waals surface area contributed by atoms with Gasteiger partial charge in [0.25, 0.3) is 0 Å². The van der Waals surface area contributed by atoms with Gasteiger partial charge in [-0.3, -0.25) is 4.79 Å². The number of aromatic nitrogens is 2. The maximum atomic E-state index is 12.0. The number of carbonyl (C=O) groups excluding carboxylic acids is 1. The molecular weight excluding hydrogens is 336 g/mol. The molecule has 0 saturated carbocycles. The van der Waals surface area contributed by atoms with Gasteiger partial charge in [-0.1, -0.05) is 35.2 Å². The van der Waals surface area contributed by atoms with Crippen molar-refractivity contribution in [3.05, 3.63) is 24.3 Å². The number of rotatable bonds is 8. The van der Waals surface area contributed by atoms with Crippen molar-refractivity contribution in [3.63, 3.8) is 0 Å². The molecule has 0 aliphatic carbocycles. The molecule has 1 amide bonds. The Bertz CT molecular complexity index is 618. The minimum absolute atomic E-state index is 0.0189. The Kier molecular flexibility index (Phi) is 7.01. The molecule has 0 atom stereocenters. The largest absolute Gasteiger partial charge is 0.360 e. The molecule has 118 valence electrons. The molecule has 0 aliphatic heterocycles.